The molecule has 0 radical (unpaired) electrons. The number of aromatic nitrogens is 5. The van der Waals surface area contributed by atoms with Crippen molar-refractivity contribution in [1.82, 2.24) is 24.6 Å². The van der Waals surface area contributed by atoms with Crippen LogP contribution in [-0.2, 0) is 9.84 Å². The van der Waals surface area contributed by atoms with Crippen molar-refractivity contribution in [2.75, 3.05) is 12.0 Å². The molecule has 3 aromatic rings. The van der Waals surface area contributed by atoms with E-state index in [1.54, 1.807) is 0 Å². The van der Waals surface area contributed by atoms with E-state index in [1.165, 1.54) is 6.07 Å². The predicted octanol–water partition coefficient (Wildman–Crippen LogP) is 0.450. The zero-order valence-electron chi connectivity index (χ0n) is 11.0. The normalized spacial score (nSPS) is 12.0. The van der Waals surface area contributed by atoms with E-state index in [4.69, 9.17) is 5.73 Å². The molecule has 0 aliphatic rings. The second-order valence-corrected chi connectivity index (χ2v) is 6.29. The number of sulfone groups is 1. The van der Waals surface area contributed by atoms with E-state index in [9.17, 15) is 17.2 Å². The van der Waals surface area contributed by atoms with Crippen molar-refractivity contribution in [2.24, 2.45) is 0 Å². The fourth-order valence-corrected chi connectivity index (χ4v) is 2.28. The van der Waals surface area contributed by atoms with Gasteiger partial charge in [-0.05, 0) is 12.1 Å². The molecule has 0 saturated heterocycles. The quantitative estimate of drug-likeness (QED) is 0.726. The van der Waals surface area contributed by atoms with Crippen molar-refractivity contribution in [3.05, 3.63) is 29.8 Å². The van der Waals surface area contributed by atoms with Crippen LogP contribution in [0.4, 0.5) is 14.7 Å². The molecule has 11 heteroatoms. The van der Waals surface area contributed by atoms with E-state index in [1.807, 2.05) is 0 Å². The van der Waals surface area contributed by atoms with Gasteiger partial charge in [0.15, 0.2) is 5.82 Å². The lowest BCUT2D eigenvalue weighted by molar-refractivity contribution is 0.587. The van der Waals surface area contributed by atoms with Gasteiger partial charge >= 0.3 is 0 Å². The molecule has 3 rings (SSSR count). The Morgan fingerprint density at radius 3 is 2.36 bits per heavy atom. The van der Waals surface area contributed by atoms with Crippen molar-refractivity contribution in [2.45, 2.75) is 5.16 Å². The molecule has 0 unspecified atom stereocenters. The Morgan fingerprint density at radius 1 is 1.14 bits per heavy atom. The van der Waals surface area contributed by atoms with Crippen LogP contribution in [0.25, 0.3) is 17.2 Å². The highest BCUT2D eigenvalue weighted by molar-refractivity contribution is 7.90. The number of nitrogen functional groups attached to an aromatic ring is 1. The highest BCUT2D eigenvalue weighted by Crippen LogP contribution is 2.23. The van der Waals surface area contributed by atoms with Crippen molar-refractivity contribution in [1.29, 1.82) is 0 Å². The smallest absolute Gasteiger partial charge is 0.258 e. The van der Waals surface area contributed by atoms with Gasteiger partial charge in [-0.15, -0.1) is 5.10 Å². The third-order valence-corrected chi connectivity index (χ3v) is 3.58. The Balaban J connectivity index is 2.29. The van der Waals surface area contributed by atoms with Crippen molar-refractivity contribution < 1.29 is 17.2 Å². The first-order valence-corrected chi connectivity index (χ1v) is 7.71. The summed E-state index contributed by atoms with van der Waals surface area (Å²) in [7, 11) is -3.72. The number of hydrogen-bond acceptors (Lipinski definition) is 7. The van der Waals surface area contributed by atoms with Crippen LogP contribution >= 0.6 is 0 Å². The molecule has 2 N–H and O–H groups in total. The molecule has 0 atom stereocenters. The van der Waals surface area contributed by atoms with Crippen LogP contribution < -0.4 is 5.73 Å². The maximum Gasteiger partial charge on any atom is 0.258 e. The van der Waals surface area contributed by atoms with Gasteiger partial charge in [0, 0.05) is 6.26 Å². The zero-order chi connectivity index (χ0) is 16.1. The van der Waals surface area contributed by atoms with E-state index < -0.39 is 32.2 Å². The first kappa shape index (κ1) is 14.3. The fourth-order valence-electron chi connectivity index (χ4n) is 1.77. The Kier molecular flexibility index (Phi) is 3.02. The van der Waals surface area contributed by atoms with Gasteiger partial charge in [0.1, 0.15) is 11.6 Å². The van der Waals surface area contributed by atoms with Crippen molar-refractivity contribution >= 4 is 21.6 Å². The SMILES string of the molecule is CS(=O)(=O)c1nc(N)n2nc(-c3c(F)cccc3F)nc2n1. The topological polar surface area (TPSA) is 116 Å². The van der Waals surface area contributed by atoms with Gasteiger partial charge in [0.25, 0.3) is 10.9 Å². The van der Waals surface area contributed by atoms with Crippen LogP contribution in [-0.4, -0.2) is 39.2 Å². The van der Waals surface area contributed by atoms with Crippen molar-refractivity contribution in [3.63, 3.8) is 0 Å². The van der Waals surface area contributed by atoms with Gasteiger partial charge < -0.3 is 5.73 Å². The van der Waals surface area contributed by atoms with E-state index in [2.05, 4.69) is 20.1 Å². The van der Waals surface area contributed by atoms with Crippen LogP contribution in [0.3, 0.4) is 0 Å². The first-order chi connectivity index (χ1) is 10.3. The third kappa shape index (κ3) is 2.24. The molecule has 1 aromatic carbocycles. The number of halogens is 2. The summed E-state index contributed by atoms with van der Waals surface area (Å²) in [4.78, 5) is 11.1. The van der Waals surface area contributed by atoms with E-state index >= 15 is 0 Å². The Hall–Kier alpha value is -2.69. The number of benzene rings is 1. The summed E-state index contributed by atoms with van der Waals surface area (Å²) >= 11 is 0. The molecule has 0 bridgehead atoms. The first-order valence-electron chi connectivity index (χ1n) is 5.82. The number of fused-ring (bicyclic) bond motifs is 1. The summed E-state index contributed by atoms with van der Waals surface area (Å²) in [6, 6.07) is 3.28. The second-order valence-electron chi connectivity index (χ2n) is 4.38. The minimum atomic E-state index is -3.72. The minimum Gasteiger partial charge on any atom is -0.368 e. The summed E-state index contributed by atoms with van der Waals surface area (Å²) in [5, 5.41) is 3.26. The molecule has 0 aliphatic heterocycles. The monoisotopic (exact) mass is 326 g/mol. The molecule has 0 aliphatic carbocycles. The molecule has 8 nitrogen and oxygen atoms in total. The summed E-state index contributed by atoms with van der Waals surface area (Å²) in [6.07, 6.45) is 0.895. The van der Waals surface area contributed by atoms with E-state index in [0.717, 1.165) is 22.9 Å². The average Bonchev–Trinajstić information content (AvgIpc) is 2.81. The number of rotatable bonds is 2. The van der Waals surface area contributed by atoms with Crippen LogP contribution in [0.15, 0.2) is 23.4 Å². The van der Waals surface area contributed by atoms with Crippen LogP contribution in [0, 0.1) is 11.6 Å². The highest BCUT2D eigenvalue weighted by Gasteiger charge is 2.20. The summed E-state index contributed by atoms with van der Waals surface area (Å²) in [5.74, 6) is -2.61. The third-order valence-electron chi connectivity index (χ3n) is 2.73. The summed E-state index contributed by atoms with van der Waals surface area (Å²) < 4.78 is 51.3. The Labute approximate surface area is 122 Å². The van der Waals surface area contributed by atoms with Gasteiger partial charge in [-0.3, -0.25) is 0 Å². The number of nitrogens with zero attached hydrogens (tertiary/aromatic N) is 5. The van der Waals surface area contributed by atoms with Gasteiger partial charge in [0.2, 0.25) is 15.8 Å². The van der Waals surface area contributed by atoms with Gasteiger partial charge in [0.05, 0.1) is 5.56 Å². The Bertz CT molecular complexity index is 981. The standard InChI is InChI=1S/C11H8F2N6O2S/c1-22(20,21)11-16-9(14)19-10(17-11)15-8(18-19)7-5(12)3-2-4-6(7)13/h2-4H,1H3,(H2,14,15,16,17,18). The number of anilines is 1. The second kappa shape index (κ2) is 4.66. The molecule has 114 valence electrons. The van der Waals surface area contributed by atoms with Crippen LogP contribution in [0.5, 0.6) is 0 Å². The van der Waals surface area contributed by atoms with Crippen molar-refractivity contribution in [3.8, 4) is 11.4 Å². The molecular weight excluding hydrogens is 318 g/mol. The zero-order valence-corrected chi connectivity index (χ0v) is 11.8. The molecule has 0 amide bonds. The van der Waals surface area contributed by atoms with E-state index in [0.29, 0.717) is 0 Å². The van der Waals surface area contributed by atoms with Gasteiger partial charge in [-0.2, -0.15) is 19.5 Å². The predicted molar refractivity (Wildman–Crippen MR) is 71.5 cm³/mol. The van der Waals surface area contributed by atoms with E-state index in [-0.39, 0.29) is 17.6 Å². The molecule has 0 fully saturated rings. The lowest BCUT2D eigenvalue weighted by Crippen LogP contribution is -2.11. The maximum absolute atomic E-state index is 13.7. The molecule has 2 aromatic heterocycles. The summed E-state index contributed by atoms with van der Waals surface area (Å²) in [5.41, 5.74) is 5.11. The molecule has 0 saturated carbocycles. The average molecular weight is 326 g/mol. The fraction of sp³-hybridized carbons (Fsp3) is 0.0909. The highest BCUT2D eigenvalue weighted by atomic mass is 32.2. The van der Waals surface area contributed by atoms with Crippen LogP contribution in [0.2, 0.25) is 0 Å². The minimum absolute atomic E-state index is 0.231. The lowest BCUT2D eigenvalue weighted by atomic mass is 10.2. The molecular formula is C11H8F2N6O2S. The Morgan fingerprint density at radius 2 is 1.77 bits per heavy atom. The lowest BCUT2D eigenvalue weighted by Gasteiger charge is -1.99. The molecule has 0 spiro atoms. The van der Waals surface area contributed by atoms with Gasteiger partial charge in [-0.1, -0.05) is 6.07 Å². The molecule has 2 heterocycles. The number of hydrogen-bond donors (Lipinski definition) is 1. The maximum atomic E-state index is 13.7. The number of nitrogens with two attached hydrogens (primary N) is 1. The molecule has 22 heavy (non-hydrogen) atoms. The summed E-state index contributed by atoms with van der Waals surface area (Å²) in [6.45, 7) is 0. The largest absolute Gasteiger partial charge is 0.368 e. The van der Waals surface area contributed by atoms with Gasteiger partial charge in [-0.25, -0.2) is 17.2 Å². The van der Waals surface area contributed by atoms with Crippen LogP contribution in [0.1, 0.15) is 0 Å².